The number of ether oxygens (including phenoxy) is 3. The normalized spacial score (nSPS) is 13.1. The van der Waals surface area contributed by atoms with Gasteiger partial charge in [-0.25, -0.2) is 9.37 Å². The van der Waals surface area contributed by atoms with Gasteiger partial charge in [0.05, 0.1) is 17.8 Å². The van der Waals surface area contributed by atoms with E-state index in [1.165, 1.54) is 22.8 Å². The van der Waals surface area contributed by atoms with Crippen LogP contribution in [0.3, 0.4) is 0 Å². The zero-order valence-electron chi connectivity index (χ0n) is 30.2. The third-order valence-corrected chi connectivity index (χ3v) is 9.43. The number of amides is 1. The average molecular weight is 757 g/mol. The highest BCUT2D eigenvalue weighted by molar-refractivity contribution is 6.32. The van der Waals surface area contributed by atoms with Gasteiger partial charge in [0.1, 0.15) is 23.9 Å². The van der Waals surface area contributed by atoms with Gasteiger partial charge in [-0.3, -0.25) is 9.69 Å². The molecule has 276 valence electrons. The van der Waals surface area contributed by atoms with Crippen molar-refractivity contribution >= 4 is 36.0 Å². The largest absolute Gasteiger partial charge is 0.493 e. The van der Waals surface area contributed by atoms with Gasteiger partial charge in [-0.05, 0) is 96.6 Å². The van der Waals surface area contributed by atoms with Gasteiger partial charge in [0.2, 0.25) is 11.8 Å². The molecule has 0 bridgehead atoms. The first-order valence-electron chi connectivity index (χ1n) is 17.5. The molecular weight excluding hydrogens is 712 g/mol. The minimum atomic E-state index is -0.261. The second kappa shape index (κ2) is 18.7. The molecule has 0 radical (unpaired) electrons. The Bertz CT molecular complexity index is 1970. The number of hydrogen-bond acceptors (Lipinski definition) is 6. The maximum atomic E-state index is 13.8. The molecule has 1 aliphatic heterocycles. The van der Waals surface area contributed by atoms with Crippen LogP contribution in [0.5, 0.6) is 23.1 Å². The summed E-state index contributed by atoms with van der Waals surface area (Å²) in [4.78, 5) is 21.7. The van der Waals surface area contributed by atoms with Crippen LogP contribution < -0.4 is 14.2 Å². The second-order valence-corrected chi connectivity index (χ2v) is 13.5. The van der Waals surface area contributed by atoms with Crippen LogP contribution in [0.25, 0.3) is 6.08 Å². The lowest BCUT2D eigenvalue weighted by Gasteiger charge is -2.34. The number of nitrogens with zero attached hydrogens (tertiary/aromatic N) is 3. The van der Waals surface area contributed by atoms with Crippen LogP contribution in [-0.4, -0.2) is 53.5 Å². The molecule has 4 aromatic carbocycles. The summed E-state index contributed by atoms with van der Waals surface area (Å²) >= 11 is 6.62. The van der Waals surface area contributed by atoms with Crippen molar-refractivity contribution in [1.29, 1.82) is 0 Å². The molecule has 5 aromatic rings. The number of hydrogen-bond donors (Lipinski definition) is 0. The first-order valence-corrected chi connectivity index (χ1v) is 17.9. The van der Waals surface area contributed by atoms with E-state index in [4.69, 9.17) is 25.8 Å². The zero-order chi connectivity index (χ0) is 36.5. The number of carbonyl (C=O) groups is 1. The van der Waals surface area contributed by atoms with Crippen molar-refractivity contribution in [2.24, 2.45) is 0 Å². The molecule has 1 saturated heterocycles. The van der Waals surface area contributed by atoms with E-state index < -0.39 is 0 Å². The second-order valence-electron chi connectivity index (χ2n) is 13.1. The molecule has 0 atom stereocenters. The summed E-state index contributed by atoms with van der Waals surface area (Å²) in [6.07, 6.45) is 5.80. The first-order chi connectivity index (χ1) is 25.2. The summed E-state index contributed by atoms with van der Waals surface area (Å²) in [7, 11) is 0. The van der Waals surface area contributed by atoms with E-state index in [0.29, 0.717) is 47.7 Å². The number of aromatic nitrogens is 1. The summed E-state index contributed by atoms with van der Waals surface area (Å²) in [5.74, 6) is 1.99. The SMILES string of the molecule is Cc1ccc(OCCc2ccc(CN3CCN(C(=O)/C=C/c4cc(C)c(Oc5ccc(OCc6cccc(F)c6C)cn5)c(Cl)c4)CC3)cc2)cc1.Cl. The molecule has 0 spiro atoms. The van der Waals surface area contributed by atoms with E-state index in [1.54, 1.807) is 49.5 Å². The summed E-state index contributed by atoms with van der Waals surface area (Å²) in [5.41, 5.74) is 6.67. The van der Waals surface area contributed by atoms with Crippen molar-refractivity contribution in [1.82, 2.24) is 14.8 Å². The number of pyridine rings is 1. The maximum absolute atomic E-state index is 13.8. The molecule has 2 heterocycles. The van der Waals surface area contributed by atoms with Crippen LogP contribution in [0.15, 0.2) is 103 Å². The summed E-state index contributed by atoms with van der Waals surface area (Å²) in [6.45, 7) is 10.4. The Morgan fingerprint density at radius 2 is 1.58 bits per heavy atom. The Labute approximate surface area is 322 Å². The molecule has 0 N–H and O–H groups in total. The average Bonchev–Trinajstić information content (AvgIpc) is 3.15. The summed E-state index contributed by atoms with van der Waals surface area (Å²) in [6, 6.07) is 28.9. The van der Waals surface area contributed by atoms with Gasteiger partial charge in [0, 0.05) is 51.3 Å². The Hall–Kier alpha value is -4.89. The van der Waals surface area contributed by atoms with Crippen molar-refractivity contribution in [3.63, 3.8) is 0 Å². The van der Waals surface area contributed by atoms with Crippen molar-refractivity contribution in [2.75, 3.05) is 32.8 Å². The highest BCUT2D eigenvalue weighted by Crippen LogP contribution is 2.34. The van der Waals surface area contributed by atoms with Crippen LogP contribution in [0, 0.1) is 26.6 Å². The van der Waals surface area contributed by atoms with Crippen LogP contribution in [0.1, 0.15) is 38.9 Å². The van der Waals surface area contributed by atoms with Crippen molar-refractivity contribution in [2.45, 2.75) is 40.3 Å². The topological polar surface area (TPSA) is 64.1 Å². The van der Waals surface area contributed by atoms with Gasteiger partial charge in [-0.15, -0.1) is 12.4 Å². The fourth-order valence-electron chi connectivity index (χ4n) is 5.96. The lowest BCUT2D eigenvalue weighted by atomic mass is 10.1. The number of piperazine rings is 1. The van der Waals surface area contributed by atoms with Gasteiger partial charge in [-0.1, -0.05) is 65.7 Å². The first kappa shape index (κ1) is 39.3. The number of carbonyl (C=O) groups excluding carboxylic acids is 1. The van der Waals surface area contributed by atoms with Crippen molar-refractivity contribution in [3.05, 3.63) is 153 Å². The molecule has 0 unspecified atom stereocenters. The lowest BCUT2D eigenvalue weighted by molar-refractivity contribution is -0.127. The Morgan fingerprint density at radius 3 is 2.28 bits per heavy atom. The van der Waals surface area contributed by atoms with E-state index in [9.17, 15) is 9.18 Å². The number of rotatable bonds is 13. The van der Waals surface area contributed by atoms with E-state index in [1.807, 2.05) is 36.1 Å². The Balaban J connectivity index is 0.00000541. The third-order valence-electron chi connectivity index (χ3n) is 9.15. The van der Waals surface area contributed by atoms with Crippen molar-refractivity contribution < 1.29 is 23.4 Å². The standard InChI is InChI=1S/C43H43ClFN3O4.ClH/c1-30-7-14-37(15-8-30)50-24-19-33-9-11-34(12-10-33)28-47-20-22-48(23-21-47)42(49)18-13-35-25-31(2)43(39(44)26-35)52-41-17-16-38(27-46-41)51-29-36-5-4-6-40(45)32(36)3;/h4-18,25-27H,19-24,28-29H2,1-3H3;1H/b18-13+;. The molecule has 0 aliphatic carbocycles. The quantitative estimate of drug-likeness (QED) is 0.112. The van der Waals surface area contributed by atoms with Gasteiger partial charge in [0.25, 0.3) is 0 Å². The van der Waals surface area contributed by atoms with Gasteiger partial charge in [0.15, 0.2) is 5.75 Å². The highest BCUT2D eigenvalue weighted by atomic mass is 35.5. The number of aryl methyl sites for hydroxylation is 2. The van der Waals surface area contributed by atoms with Gasteiger partial charge in [-0.2, -0.15) is 0 Å². The van der Waals surface area contributed by atoms with Crippen LogP contribution in [0.2, 0.25) is 5.02 Å². The molecule has 7 nitrogen and oxygen atoms in total. The molecule has 53 heavy (non-hydrogen) atoms. The molecule has 1 aliphatic rings. The lowest BCUT2D eigenvalue weighted by Crippen LogP contribution is -2.47. The van der Waals surface area contributed by atoms with E-state index in [2.05, 4.69) is 53.2 Å². The molecular formula is C43H44Cl2FN3O4. The Kier molecular flexibility index (Phi) is 13.9. The van der Waals surface area contributed by atoms with Crippen LogP contribution in [-0.2, 0) is 24.4 Å². The molecule has 1 amide bonds. The predicted molar refractivity (Wildman–Crippen MR) is 211 cm³/mol. The van der Waals surface area contributed by atoms with E-state index in [-0.39, 0.29) is 30.7 Å². The molecule has 10 heteroatoms. The molecule has 1 fully saturated rings. The van der Waals surface area contributed by atoms with Gasteiger partial charge < -0.3 is 19.1 Å². The smallest absolute Gasteiger partial charge is 0.246 e. The summed E-state index contributed by atoms with van der Waals surface area (Å²) in [5, 5.41) is 0.410. The van der Waals surface area contributed by atoms with Gasteiger partial charge >= 0.3 is 0 Å². The third kappa shape index (κ3) is 11.1. The van der Waals surface area contributed by atoms with Crippen LogP contribution >= 0.6 is 24.0 Å². The Morgan fingerprint density at radius 1 is 0.868 bits per heavy atom. The predicted octanol–water partition coefficient (Wildman–Crippen LogP) is 9.57. The fourth-order valence-corrected chi connectivity index (χ4v) is 6.27. The minimum Gasteiger partial charge on any atom is -0.493 e. The zero-order valence-corrected chi connectivity index (χ0v) is 31.8. The van der Waals surface area contributed by atoms with E-state index >= 15 is 0 Å². The molecule has 6 rings (SSSR count). The number of benzene rings is 4. The summed E-state index contributed by atoms with van der Waals surface area (Å²) < 4.78 is 31.5. The highest BCUT2D eigenvalue weighted by Gasteiger charge is 2.20. The molecule has 0 saturated carbocycles. The fraction of sp³-hybridized carbons (Fsp3) is 0.256. The minimum absolute atomic E-state index is 0. The van der Waals surface area contributed by atoms with Crippen LogP contribution in [0.4, 0.5) is 4.39 Å². The number of halogens is 3. The monoisotopic (exact) mass is 755 g/mol. The maximum Gasteiger partial charge on any atom is 0.246 e. The van der Waals surface area contributed by atoms with Crippen molar-refractivity contribution in [3.8, 4) is 23.1 Å². The molecule has 1 aromatic heterocycles. The van der Waals surface area contributed by atoms with E-state index in [0.717, 1.165) is 48.5 Å².